The van der Waals surface area contributed by atoms with E-state index in [9.17, 15) is 0 Å². The maximum Gasteiger partial charge on any atom is 0.118 e. The minimum atomic E-state index is -0.357. The Morgan fingerprint density at radius 2 is 0.784 bits per heavy atom. The van der Waals surface area contributed by atoms with E-state index in [1.165, 1.54) is 0 Å². The van der Waals surface area contributed by atoms with Crippen LogP contribution in [0.25, 0.3) is 0 Å². The van der Waals surface area contributed by atoms with Crippen molar-refractivity contribution in [2.45, 2.75) is 39.9 Å². The Balaban J connectivity index is 1.88. The van der Waals surface area contributed by atoms with E-state index in [4.69, 9.17) is 37.4 Å². The number of hydrogen-bond donors (Lipinski definition) is 0. The average molecular weight is 536 g/mol. The minimum absolute atomic E-state index is 0.357. The van der Waals surface area contributed by atoms with E-state index >= 15 is 0 Å². The second kappa shape index (κ2) is 11.6. The molecule has 5 heteroatoms. The first-order valence-electron chi connectivity index (χ1n) is 12.2. The molecule has 0 aromatic heterocycles. The van der Waals surface area contributed by atoms with Crippen LogP contribution in [-0.4, -0.2) is 14.2 Å². The fraction of sp³-hybridized carbons (Fsp3) is 0.250. The van der Waals surface area contributed by atoms with Gasteiger partial charge in [-0.25, -0.2) is 0 Å². The van der Waals surface area contributed by atoms with Crippen LogP contribution in [0.2, 0.25) is 10.0 Å². The third kappa shape index (κ3) is 5.96. The molecule has 0 spiro atoms. The van der Waals surface area contributed by atoms with Crippen molar-refractivity contribution < 1.29 is 14.2 Å². The predicted octanol–water partition coefficient (Wildman–Crippen LogP) is 9.14. The molecule has 4 aromatic carbocycles. The Bertz CT molecular complexity index is 1230. The van der Waals surface area contributed by atoms with Gasteiger partial charge in [0.2, 0.25) is 0 Å². The van der Waals surface area contributed by atoms with E-state index in [1.807, 2.05) is 76.2 Å². The Morgan fingerprint density at radius 3 is 1.05 bits per heavy atom. The van der Waals surface area contributed by atoms with E-state index in [0.29, 0.717) is 0 Å². The van der Waals surface area contributed by atoms with E-state index in [2.05, 4.69) is 24.3 Å². The van der Waals surface area contributed by atoms with Crippen LogP contribution in [0, 0.1) is 27.7 Å². The van der Waals surface area contributed by atoms with Crippen molar-refractivity contribution in [3.8, 4) is 11.5 Å². The van der Waals surface area contributed by atoms with Crippen LogP contribution < -0.4 is 9.47 Å². The summed E-state index contributed by atoms with van der Waals surface area (Å²) in [6.07, 6.45) is -0.715. The first-order valence-corrected chi connectivity index (χ1v) is 12.9. The van der Waals surface area contributed by atoms with Crippen molar-refractivity contribution in [1.82, 2.24) is 0 Å². The molecule has 0 bridgehead atoms. The fourth-order valence-corrected chi connectivity index (χ4v) is 4.87. The second-order valence-electron chi connectivity index (χ2n) is 9.38. The first kappa shape index (κ1) is 27.1. The Kier molecular flexibility index (Phi) is 8.49. The van der Waals surface area contributed by atoms with Crippen LogP contribution in [0.4, 0.5) is 0 Å². The van der Waals surface area contributed by atoms with Crippen LogP contribution in [0.15, 0.2) is 72.8 Å². The smallest absolute Gasteiger partial charge is 0.118 e. The maximum atomic E-state index is 7.07. The monoisotopic (exact) mass is 534 g/mol. The summed E-state index contributed by atoms with van der Waals surface area (Å²) in [5, 5.41) is 1.54. The normalized spacial score (nSPS) is 12.8. The lowest BCUT2D eigenvalue weighted by Crippen LogP contribution is -2.14. The lowest BCUT2D eigenvalue weighted by molar-refractivity contribution is 0.0307. The van der Waals surface area contributed by atoms with Crippen molar-refractivity contribution in [2.75, 3.05) is 14.2 Å². The molecule has 0 aliphatic heterocycles. The molecule has 0 fully saturated rings. The number of hydrogen-bond acceptors (Lipinski definition) is 3. The summed E-state index contributed by atoms with van der Waals surface area (Å²) in [6, 6.07) is 24.4. The molecule has 0 saturated heterocycles. The van der Waals surface area contributed by atoms with Crippen molar-refractivity contribution in [1.29, 1.82) is 0 Å². The van der Waals surface area contributed by atoms with Gasteiger partial charge in [-0.3, -0.25) is 0 Å². The second-order valence-corrected chi connectivity index (χ2v) is 10.1. The molecule has 0 aliphatic rings. The highest BCUT2D eigenvalue weighted by Crippen LogP contribution is 2.40. The maximum absolute atomic E-state index is 7.07. The predicted molar refractivity (Wildman–Crippen MR) is 153 cm³/mol. The van der Waals surface area contributed by atoms with Gasteiger partial charge in [-0.15, -0.1) is 0 Å². The zero-order valence-electron chi connectivity index (χ0n) is 22.1. The van der Waals surface area contributed by atoms with Crippen LogP contribution in [0.3, 0.4) is 0 Å². The summed E-state index contributed by atoms with van der Waals surface area (Å²) >= 11 is 13.1. The molecule has 4 aromatic rings. The van der Waals surface area contributed by atoms with Gasteiger partial charge in [0.25, 0.3) is 0 Å². The molecule has 37 heavy (non-hydrogen) atoms. The molecule has 2 atom stereocenters. The molecule has 2 unspecified atom stereocenters. The number of ether oxygens (including phenoxy) is 3. The SMILES string of the molecule is COc1ccc(C(OC(c2ccc(OC)cc2)c2cc(C)c(Cl)c(C)c2)c2cc(C)c(Cl)c(C)c2)cc1. The molecule has 3 nitrogen and oxygen atoms in total. The minimum Gasteiger partial charge on any atom is -0.497 e. The van der Waals surface area contributed by atoms with Gasteiger partial charge in [-0.2, -0.15) is 0 Å². The van der Waals surface area contributed by atoms with Crippen molar-refractivity contribution in [2.24, 2.45) is 0 Å². The molecule has 0 amide bonds. The summed E-state index contributed by atoms with van der Waals surface area (Å²) in [5.41, 5.74) is 8.15. The Hall–Kier alpha value is -2.98. The number of aryl methyl sites for hydroxylation is 4. The number of halogens is 2. The Labute approximate surface area is 229 Å². The van der Waals surface area contributed by atoms with Crippen molar-refractivity contribution in [3.05, 3.63) is 127 Å². The molecule has 0 aliphatic carbocycles. The summed E-state index contributed by atoms with van der Waals surface area (Å²) in [6.45, 7) is 8.10. The topological polar surface area (TPSA) is 27.7 Å². The molecule has 192 valence electrons. The lowest BCUT2D eigenvalue weighted by atomic mass is 9.94. The number of methoxy groups -OCH3 is 2. The lowest BCUT2D eigenvalue weighted by Gasteiger charge is -2.28. The quantitative estimate of drug-likeness (QED) is 0.225. The summed E-state index contributed by atoms with van der Waals surface area (Å²) in [5.74, 6) is 1.59. The van der Waals surface area contributed by atoms with Gasteiger partial charge in [0, 0.05) is 10.0 Å². The van der Waals surface area contributed by atoms with Crippen LogP contribution in [0.5, 0.6) is 11.5 Å². The van der Waals surface area contributed by atoms with Gasteiger partial charge in [0.05, 0.1) is 14.2 Å². The van der Waals surface area contributed by atoms with Gasteiger partial charge >= 0.3 is 0 Å². The first-order chi connectivity index (χ1) is 17.7. The highest BCUT2D eigenvalue weighted by Gasteiger charge is 2.25. The summed E-state index contributed by atoms with van der Waals surface area (Å²) in [7, 11) is 3.33. The number of benzene rings is 4. The molecule has 0 saturated carbocycles. The summed E-state index contributed by atoms with van der Waals surface area (Å²) < 4.78 is 17.9. The van der Waals surface area contributed by atoms with Crippen LogP contribution in [0.1, 0.15) is 56.7 Å². The van der Waals surface area contributed by atoms with Crippen molar-refractivity contribution >= 4 is 23.2 Å². The standard InChI is InChI=1S/C32H32Cl2O3/c1-19-15-25(16-20(2)29(19)33)31(23-7-11-27(35-5)12-8-23)37-32(24-9-13-28(36-6)14-10-24)26-17-21(3)30(34)22(4)18-26/h7-18,31-32H,1-6H3. The van der Waals surface area contributed by atoms with Crippen LogP contribution >= 0.6 is 23.2 Å². The zero-order valence-corrected chi connectivity index (χ0v) is 23.6. The fourth-order valence-electron chi connectivity index (χ4n) is 4.65. The molecular weight excluding hydrogens is 503 g/mol. The zero-order chi connectivity index (χ0) is 26.7. The van der Waals surface area contributed by atoms with Gasteiger partial charge in [0.1, 0.15) is 23.7 Å². The highest BCUT2D eigenvalue weighted by atomic mass is 35.5. The highest BCUT2D eigenvalue weighted by molar-refractivity contribution is 6.32. The third-order valence-electron chi connectivity index (χ3n) is 6.63. The van der Waals surface area contributed by atoms with Gasteiger partial charge in [-0.1, -0.05) is 71.7 Å². The molecule has 4 rings (SSSR count). The number of rotatable bonds is 8. The molecular formula is C32H32Cl2O3. The van der Waals surface area contributed by atoms with Gasteiger partial charge < -0.3 is 14.2 Å². The van der Waals surface area contributed by atoms with Crippen molar-refractivity contribution in [3.63, 3.8) is 0 Å². The molecule has 0 N–H and O–H groups in total. The average Bonchev–Trinajstić information content (AvgIpc) is 2.90. The van der Waals surface area contributed by atoms with Gasteiger partial charge in [0.15, 0.2) is 0 Å². The van der Waals surface area contributed by atoms with E-state index in [0.717, 1.165) is 66.1 Å². The van der Waals surface area contributed by atoms with E-state index in [-0.39, 0.29) is 12.2 Å². The molecule has 0 heterocycles. The van der Waals surface area contributed by atoms with Crippen LogP contribution in [-0.2, 0) is 4.74 Å². The van der Waals surface area contributed by atoms with E-state index < -0.39 is 0 Å². The Morgan fingerprint density at radius 1 is 0.486 bits per heavy atom. The van der Waals surface area contributed by atoms with Gasteiger partial charge in [-0.05, 0) is 96.5 Å². The van der Waals surface area contributed by atoms with E-state index in [1.54, 1.807) is 14.2 Å². The largest absolute Gasteiger partial charge is 0.497 e. The molecule has 0 radical (unpaired) electrons. The third-order valence-corrected chi connectivity index (χ3v) is 7.82. The summed E-state index contributed by atoms with van der Waals surface area (Å²) in [4.78, 5) is 0.